The molecule has 0 amide bonds. The van der Waals surface area contributed by atoms with Crippen LogP contribution in [-0.2, 0) is 13.5 Å². The molecule has 4 nitrogen and oxygen atoms in total. The molecule has 2 N–H and O–H groups in total. The lowest BCUT2D eigenvalue weighted by Gasteiger charge is -2.12. The third kappa shape index (κ3) is 4.78. The quantitative estimate of drug-likeness (QED) is 0.747. The average Bonchev–Trinajstić information content (AvgIpc) is 2.50. The summed E-state index contributed by atoms with van der Waals surface area (Å²) in [5.41, 5.74) is 1.08. The zero-order chi connectivity index (χ0) is 11.3. The minimum absolute atomic E-state index is 0.375. The molecule has 15 heavy (non-hydrogen) atoms. The lowest BCUT2D eigenvalue weighted by Crippen LogP contribution is -2.40. The standard InChI is InChI=1S/C10H18N4S/c1-8(2)12-10(15)11-6-4-9-5-7-14(3)13-9/h5,7-8H,4,6H2,1-3H3,(H2,11,12,15). The van der Waals surface area contributed by atoms with E-state index in [1.165, 1.54) is 0 Å². The van der Waals surface area contributed by atoms with E-state index in [4.69, 9.17) is 12.2 Å². The zero-order valence-electron chi connectivity index (χ0n) is 9.45. The summed E-state index contributed by atoms with van der Waals surface area (Å²) in [6, 6.07) is 2.39. The van der Waals surface area contributed by atoms with Crippen LogP contribution in [0, 0.1) is 0 Å². The third-order valence-corrected chi connectivity index (χ3v) is 2.12. The van der Waals surface area contributed by atoms with Crippen molar-refractivity contribution >= 4 is 17.3 Å². The highest BCUT2D eigenvalue weighted by atomic mass is 32.1. The zero-order valence-corrected chi connectivity index (χ0v) is 10.3. The van der Waals surface area contributed by atoms with E-state index >= 15 is 0 Å². The van der Waals surface area contributed by atoms with Gasteiger partial charge in [0.15, 0.2) is 5.11 Å². The fraction of sp³-hybridized carbons (Fsp3) is 0.600. The van der Waals surface area contributed by atoms with Crippen LogP contribution in [0.25, 0.3) is 0 Å². The van der Waals surface area contributed by atoms with Gasteiger partial charge in [0, 0.05) is 32.3 Å². The molecule has 0 bridgehead atoms. The van der Waals surface area contributed by atoms with E-state index in [1.807, 2.05) is 19.3 Å². The number of hydrogen-bond acceptors (Lipinski definition) is 2. The van der Waals surface area contributed by atoms with E-state index in [0.29, 0.717) is 11.2 Å². The first-order valence-electron chi connectivity index (χ1n) is 5.11. The van der Waals surface area contributed by atoms with Crippen molar-refractivity contribution in [1.82, 2.24) is 20.4 Å². The van der Waals surface area contributed by atoms with Crippen molar-refractivity contribution in [2.75, 3.05) is 6.54 Å². The van der Waals surface area contributed by atoms with Gasteiger partial charge in [-0.15, -0.1) is 0 Å². The summed E-state index contributed by atoms with van der Waals surface area (Å²) in [5, 5.41) is 11.3. The van der Waals surface area contributed by atoms with Crippen molar-refractivity contribution in [1.29, 1.82) is 0 Å². The van der Waals surface area contributed by atoms with Gasteiger partial charge < -0.3 is 10.6 Å². The molecule has 5 heteroatoms. The van der Waals surface area contributed by atoms with Crippen LogP contribution in [0.2, 0.25) is 0 Å². The topological polar surface area (TPSA) is 41.9 Å². The van der Waals surface area contributed by atoms with Gasteiger partial charge >= 0.3 is 0 Å². The van der Waals surface area contributed by atoms with Gasteiger partial charge in [-0.2, -0.15) is 5.10 Å². The van der Waals surface area contributed by atoms with Crippen LogP contribution in [0.5, 0.6) is 0 Å². The molecule has 0 aliphatic carbocycles. The van der Waals surface area contributed by atoms with Crippen LogP contribution >= 0.6 is 12.2 Å². The smallest absolute Gasteiger partial charge is 0.166 e. The maximum atomic E-state index is 5.10. The lowest BCUT2D eigenvalue weighted by molar-refractivity contribution is 0.700. The molecular weight excluding hydrogens is 208 g/mol. The number of rotatable bonds is 4. The number of thiocarbonyl (C=S) groups is 1. The molecule has 1 aromatic rings. The summed E-state index contributed by atoms with van der Waals surface area (Å²) in [7, 11) is 1.92. The Balaban J connectivity index is 2.19. The van der Waals surface area contributed by atoms with E-state index in [-0.39, 0.29) is 0 Å². The predicted molar refractivity (Wildman–Crippen MR) is 65.8 cm³/mol. The molecule has 84 valence electrons. The first-order valence-corrected chi connectivity index (χ1v) is 5.51. The van der Waals surface area contributed by atoms with Crippen molar-refractivity contribution in [3.05, 3.63) is 18.0 Å². The second-order valence-corrected chi connectivity index (χ2v) is 4.19. The number of hydrogen-bond donors (Lipinski definition) is 2. The third-order valence-electron chi connectivity index (χ3n) is 1.86. The van der Waals surface area contributed by atoms with Crippen molar-refractivity contribution in [3.63, 3.8) is 0 Å². The molecule has 0 fully saturated rings. The van der Waals surface area contributed by atoms with Crippen LogP contribution in [0.1, 0.15) is 19.5 Å². The predicted octanol–water partition coefficient (Wildman–Crippen LogP) is 0.835. The second kappa shape index (κ2) is 5.70. The summed E-state index contributed by atoms with van der Waals surface area (Å²) in [4.78, 5) is 0. The van der Waals surface area contributed by atoms with E-state index in [0.717, 1.165) is 18.7 Å². The Morgan fingerprint density at radius 1 is 1.60 bits per heavy atom. The molecule has 0 aromatic carbocycles. The highest BCUT2D eigenvalue weighted by Gasteiger charge is 1.99. The lowest BCUT2D eigenvalue weighted by atomic mass is 10.3. The fourth-order valence-electron chi connectivity index (χ4n) is 1.21. The molecule has 0 spiro atoms. The fourth-order valence-corrected chi connectivity index (χ4v) is 1.55. The minimum atomic E-state index is 0.375. The average molecular weight is 226 g/mol. The minimum Gasteiger partial charge on any atom is -0.362 e. The molecule has 1 aromatic heterocycles. The highest BCUT2D eigenvalue weighted by molar-refractivity contribution is 7.80. The van der Waals surface area contributed by atoms with Crippen molar-refractivity contribution in [3.8, 4) is 0 Å². The van der Waals surface area contributed by atoms with Gasteiger partial charge in [0.05, 0.1) is 5.69 Å². The maximum absolute atomic E-state index is 5.10. The Kier molecular flexibility index (Phi) is 4.55. The van der Waals surface area contributed by atoms with E-state index < -0.39 is 0 Å². The Labute approximate surface area is 96.1 Å². The molecule has 1 rings (SSSR count). The van der Waals surface area contributed by atoms with Gasteiger partial charge in [-0.3, -0.25) is 4.68 Å². The molecule has 0 saturated carbocycles. The van der Waals surface area contributed by atoms with E-state index in [1.54, 1.807) is 4.68 Å². The van der Waals surface area contributed by atoms with Crippen molar-refractivity contribution < 1.29 is 0 Å². The van der Waals surface area contributed by atoms with E-state index in [9.17, 15) is 0 Å². The van der Waals surface area contributed by atoms with Gasteiger partial charge in [0.1, 0.15) is 0 Å². The van der Waals surface area contributed by atoms with Gasteiger partial charge in [0.2, 0.25) is 0 Å². The van der Waals surface area contributed by atoms with Gasteiger partial charge in [-0.1, -0.05) is 0 Å². The molecule has 0 unspecified atom stereocenters. The number of aromatic nitrogens is 2. The second-order valence-electron chi connectivity index (χ2n) is 3.79. The number of nitrogens with one attached hydrogen (secondary N) is 2. The van der Waals surface area contributed by atoms with Crippen molar-refractivity contribution in [2.24, 2.45) is 7.05 Å². The first kappa shape index (κ1) is 12.0. The molecule has 0 aliphatic rings. The normalized spacial score (nSPS) is 10.4. The van der Waals surface area contributed by atoms with Gasteiger partial charge in [-0.05, 0) is 32.1 Å². The maximum Gasteiger partial charge on any atom is 0.166 e. The SMILES string of the molecule is CC(C)NC(=S)NCCc1ccn(C)n1. The van der Waals surface area contributed by atoms with Gasteiger partial charge in [-0.25, -0.2) is 0 Å². The summed E-state index contributed by atoms with van der Waals surface area (Å²) in [6.07, 6.45) is 2.83. The summed E-state index contributed by atoms with van der Waals surface area (Å²) < 4.78 is 1.81. The molecular formula is C10H18N4S. The molecule has 0 radical (unpaired) electrons. The van der Waals surface area contributed by atoms with E-state index in [2.05, 4.69) is 29.6 Å². The Morgan fingerprint density at radius 2 is 2.33 bits per heavy atom. The summed E-state index contributed by atoms with van der Waals surface area (Å²) >= 11 is 5.10. The molecule has 1 heterocycles. The summed E-state index contributed by atoms with van der Waals surface area (Å²) in [6.45, 7) is 4.94. The van der Waals surface area contributed by atoms with Crippen LogP contribution in [-0.4, -0.2) is 27.5 Å². The number of nitrogens with zero attached hydrogens (tertiary/aromatic N) is 2. The Hall–Kier alpha value is -1.10. The van der Waals surface area contributed by atoms with Gasteiger partial charge in [0.25, 0.3) is 0 Å². The first-order chi connectivity index (χ1) is 7.08. The molecule has 0 atom stereocenters. The molecule has 0 aliphatic heterocycles. The summed E-state index contributed by atoms with van der Waals surface area (Å²) in [5.74, 6) is 0. The van der Waals surface area contributed by atoms with Crippen molar-refractivity contribution in [2.45, 2.75) is 26.3 Å². The Morgan fingerprint density at radius 3 is 2.87 bits per heavy atom. The highest BCUT2D eigenvalue weighted by Crippen LogP contribution is 1.93. The van der Waals surface area contributed by atoms with Crippen LogP contribution in [0.3, 0.4) is 0 Å². The van der Waals surface area contributed by atoms with Crippen LogP contribution < -0.4 is 10.6 Å². The monoisotopic (exact) mass is 226 g/mol. The Bertz CT molecular complexity index is 319. The van der Waals surface area contributed by atoms with Crippen LogP contribution in [0.4, 0.5) is 0 Å². The van der Waals surface area contributed by atoms with Crippen LogP contribution in [0.15, 0.2) is 12.3 Å². The molecule has 0 saturated heterocycles. The largest absolute Gasteiger partial charge is 0.362 e. The number of aryl methyl sites for hydroxylation is 1.